The predicted octanol–water partition coefficient (Wildman–Crippen LogP) is 3.76. The van der Waals surface area contributed by atoms with E-state index in [0.29, 0.717) is 17.8 Å². The van der Waals surface area contributed by atoms with Crippen LogP contribution >= 0.6 is 35.0 Å². The third-order valence-corrected chi connectivity index (χ3v) is 20.3. The van der Waals surface area contributed by atoms with Gasteiger partial charge in [-0.3, -0.25) is 33.6 Å². The number of phenols is 3. The molecule has 8 heterocycles. The van der Waals surface area contributed by atoms with Crippen molar-refractivity contribution in [3.63, 3.8) is 0 Å². The van der Waals surface area contributed by atoms with E-state index in [4.69, 9.17) is 63.1 Å². The second kappa shape index (κ2) is 32.6. The molecule has 0 spiro atoms. The smallest absolute Gasteiger partial charge is 0.433 e. The van der Waals surface area contributed by atoms with E-state index in [1.54, 1.807) is 0 Å². The van der Waals surface area contributed by atoms with Crippen molar-refractivity contribution in [2.45, 2.75) is 168 Å². The van der Waals surface area contributed by atoms with E-state index in [1.165, 1.54) is 26.8 Å². The summed E-state index contributed by atoms with van der Waals surface area (Å²) < 4.78 is 80.9. The standard InChI is InChI=1S/C71H75Cl2F3N10O23S/c1-25(2)14-26(3)61(96)85-52-54(91)29-7-10-40(35(72)16-29)105-42-18-31-19-43(58(42)109-68-59(108-47-23-70(5,78)60(95)27(4)104-47)57(94)56(93)44(107-68)24-110-69-79-13-12-45(81-69)71(74,75)76)106-41-11-8-30(17-36(41)73)55(92)53-66(101)84-51(67(102)103)34-20-32(87)21-39(89)48(34)33-15-28(6-9-38(33)88)49(63(98)86-53)83-64(99)50(31)82-62(97)37(22-46(77)90)80-65(52)100/h6-13,15-21,25-27,37,44,47,49-57,59-60,68,87-89,91-95H,14,22-24,78H2,1-5H3,(H2,77,90)(H,80,100)(H,82,97)(H,83,99)(H,84,101)(H,85,96)(H,86,98)(H,102,103)/t26-,27?,37+,44?,47?,49?,50-,51-,52-,53+,54-,55-,56?,57?,59?,60?,68?,70?/m1/s1. The second-order valence-corrected chi connectivity index (χ2v) is 29.4. The average Bonchev–Trinajstić information content (AvgIpc) is 0.767. The van der Waals surface area contributed by atoms with Crippen molar-refractivity contribution in [1.82, 2.24) is 41.9 Å². The molecule has 1 aromatic heterocycles. The summed E-state index contributed by atoms with van der Waals surface area (Å²) in [5.41, 5.74) is 6.40. The van der Waals surface area contributed by atoms with Gasteiger partial charge in [-0.25, -0.2) is 14.8 Å². The number of carboxylic acids is 1. The molecule has 588 valence electrons. The fourth-order valence-electron chi connectivity index (χ4n) is 13.2. The van der Waals surface area contributed by atoms with Crippen LogP contribution in [-0.2, 0) is 58.7 Å². The van der Waals surface area contributed by atoms with E-state index in [9.17, 15) is 83.1 Å². The number of aliphatic hydroxyl groups is 5. The molecule has 5 aromatic carbocycles. The summed E-state index contributed by atoms with van der Waals surface area (Å²) in [5, 5.41) is 118. The monoisotopic (exact) mass is 1590 g/mol. The normalized spacial score (nSPS) is 28.1. The second-order valence-electron chi connectivity index (χ2n) is 27.6. The molecule has 0 aliphatic carbocycles. The number of fused-ring (bicyclic) bond motifs is 15. The largest absolute Gasteiger partial charge is 0.508 e. The molecule has 0 radical (unpaired) electrons. The number of carbonyl (C=O) groups is 8. The SMILES string of the molecule is CC(C)C[C@@H](C)C(=O)N[C@H]1C(=O)N[C@@H](CC(N)=O)C(=O)N[C@H]2C(=O)NC3C(=O)N[C@H](C(=O)N[C@@H](C(=O)O)c4cc(O)cc(O)c4-c4cc3ccc4O)[C@H](O)c3ccc(c(Cl)c3)Oc3cc2cc(c3OC2OC(CSc3nccc(C(F)(F)F)n3)C(O)C(O)C2OC2CC(C)(N)C(O)C(C)O2)Oc2ccc(cc2Cl)[C@H]1O. The number of alkyl halides is 3. The molecule has 39 heteroatoms. The Bertz CT molecular complexity index is 4610. The minimum atomic E-state index is -4.94. The Balaban J connectivity index is 1.16. The first kappa shape index (κ1) is 81.1. The Kier molecular flexibility index (Phi) is 24.0. The predicted molar refractivity (Wildman–Crippen MR) is 376 cm³/mol. The Morgan fingerprint density at radius 3 is 1.96 bits per heavy atom. The fourth-order valence-corrected chi connectivity index (χ4v) is 14.6. The first-order valence-corrected chi connectivity index (χ1v) is 35.7. The summed E-state index contributed by atoms with van der Waals surface area (Å²) in [6.45, 7) is 8.09. The molecule has 7 aliphatic rings. The number of amides is 7. The van der Waals surface area contributed by atoms with Crippen LogP contribution in [-0.4, -0.2) is 182 Å². The summed E-state index contributed by atoms with van der Waals surface area (Å²) in [6.07, 6.45) is -23.6. The molecule has 2 saturated heterocycles. The van der Waals surface area contributed by atoms with Gasteiger partial charge in [0.15, 0.2) is 35.1 Å². The van der Waals surface area contributed by atoms with E-state index in [1.807, 2.05) is 13.8 Å². The van der Waals surface area contributed by atoms with E-state index < -0.39 is 269 Å². The van der Waals surface area contributed by atoms with Crippen molar-refractivity contribution in [2.24, 2.45) is 23.3 Å². The maximum Gasteiger partial charge on any atom is 0.433 e. The lowest BCUT2D eigenvalue weighted by Gasteiger charge is -2.47. The summed E-state index contributed by atoms with van der Waals surface area (Å²) in [7, 11) is 0. The van der Waals surface area contributed by atoms with Gasteiger partial charge in [0, 0.05) is 52.6 Å². The number of ether oxygens (including phenoxy) is 6. The van der Waals surface area contributed by atoms with E-state index in [2.05, 4.69) is 41.9 Å². The number of phenolic OH excluding ortho intramolecular Hbond substituents is 3. The number of nitrogens with one attached hydrogen (secondary N) is 6. The van der Waals surface area contributed by atoms with Gasteiger partial charge in [-0.15, -0.1) is 0 Å². The number of benzene rings is 5. The summed E-state index contributed by atoms with van der Waals surface area (Å²) >= 11 is 14.7. The highest BCUT2D eigenvalue weighted by Gasteiger charge is 2.52. The highest BCUT2D eigenvalue weighted by Crippen LogP contribution is 2.50. The Morgan fingerprint density at radius 1 is 0.736 bits per heavy atom. The Morgan fingerprint density at radius 2 is 1.35 bits per heavy atom. The van der Waals surface area contributed by atoms with Crippen LogP contribution in [0.1, 0.15) is 118 Å². The number of rotatable bonds is 14. The number of primary amides is 1. The minimum Gasteiger partial charge on any atom is -0.508 e. The van der Waals surface area contributed by atoms with Gasteiger partial charge in [-0.1, -0.05) is 73.9 Å². The number of nitrogens with two attached hydrogens (primary N) is 2. The number of aliphatic carboxylic acids is 1. The topological polar surface area (TPSA) is 524 Å². The molecule has 10 unspecified atom stereocenters. The van der Waals surface area contributed by atoms with Gasteiger partial charge in [0.25, 0.3) is 0 Å². The number of carboxylic acid groups (broad SMARTS) is 1. The number of thioether (sulfide) groups is 1. The summed E-state index contributed by atoms with van der Waals surface area (Å²) in [5.74, 6) is -17.9. The number of nitrogens with zero attached hydrogens (tertiary/aromatic N) is 2. The lowest BCUT2D eigenvalue weighted by Crippen LogP contribution is -2.64. The first-order chi connectivity index (χ1) is 51.7. The van der Waals surface area contributed by atoms with Gasteiger partial charge in [0.2, 0.25) is 53.4 Å². The van der Waals surface area contributed by atoms with E-state index in [0.717, 1.165) is 79.0 Å². The van der Waals surface area contributed by atoms with Crippen LogP contribution < -0.4 is 57.6 Å². The van der Waals surface area contributed by atoms with Gasteiger partial charge < -0.3 is 118 Å². The van der Waals surface area contributed by atoms with Crippen molar-refractivity contribution in [3.05, 3.63) is 135 Å². The highest BCUT2D eigenvalue weighted by atomic mass is 35.5. The Hall–Kier alpha value is -9.90. The Labute approximate surface area is 636 Å². The number of aliphatic hydroxyl groups excluding tert-OH is 5. The quantitative estimate of drug-likeness (QED) is 0.0545. The van der Waals surface area contributed by atoms with Crippen LogP contribution in [0.3, 0.4) is 0 Å². The molecule has 7 amide bonds. The maximum atomic E-state index is 16.2. The number of hydrogen-bond acceptors (Lipinski definition) is 26. The number of aromatic nitrogens is 2. The van der Waals surface area contributed by atoms with Crippen molar-refractivity contribution < 1.29 is 126 Å². The zero-order valence-corrected chi connectivity index (χ0v) is 60.8. The van der Waals surface area contributed by atoms with Crippen molar-refractivity contribution in [2.75, 3.05) is 5.75 Å². The van der Waals surface area contributed by atoms with Gasteiger partial charge in [-0.05, 0) is 109 Å². The first-order valence-electron chi connectivity index (χ1n) is 34.0. The van der Waals surface area contributed by atoms with E-state index in [-0.39, 0.29) is 29.9 Å². The zero-order valence-electron chi connectivity index (χ0n) is 58.5. The lowest BCUT2D eigenvalue weighted by molar-refractivity contribution is -0.329. The summed E-state index contributed by atoms with van der Waals surface area (Å²) in [6, 6.07) is 0.268. The molecule has 0 saturated carbocycles. The van der Waals surface area contributed by atoms with Gasteiger partial charge in [0.1, 0.15) is 89.1 Å². The number of carbonyl (C=O) groups excluding carboxylic acids is 7. The van der Waals surface area contributed by atoms with Crippen molar-refractivity contribution in [3.8, 4) is 57.1 Å². The third kappa shape index (κ3) is 17.6. The van der Waals surface area contributed by atoms with Gasteiger partial charge in [-0.2, -0.15) is 13.2 Å². The molecule has 33 nitrogen and oxygen atoms in total. The molecule has 19 N–H and O–H groups in total. The average molecular weight is 1600 g/mol. The molecule has 11 bridgehead atoms. The van der Waals surface area contributed by atoms with Crippen LogP contribution in [0.15, 0.2) is 96.3 Å². The number of aromatic hydroxyl groups is 3. The van der Waals surface area contributed by atoms with Crippen LogP contribution in [0, 0.1) is 11.8 Å². The van der Waals surface area contributed by atoms with Crippen molar-refractivity contribution >= 4 is 82.3 Å². The van der Waals surface area contributed by atoms with Crippen molar-refractivity contribution in [1.29, 1.82) is 0 Å². The van der Waals surface area contributed by atoms with Crippen LogP contribution in [0.2, 0.25) is 10.0 Å². The molecule has 6 aromatic rings. The van der Waals surface area contributed by atoms with Gasteiger partial charge in [0.05, 0.1) is 34.8 Å². The van der Waals surface area contributed by atoms with Gasteiger partial charge >= 0.3 is 12.1 Å². The molecule has 7 aliphatic heterocycles. The molecular weight excluding hydrogens is 1520 g/mol. The summed E-state index contributed by atoms with van der Waals surface area (Å²) in [4.78, 5) is 125. The van der Waals surface area contributed by atoms with Crippen LogP contribution in [0.5, 0.6) is 46.0 Å². The number of hydrogen-bond donors (Lipinski definition) is 17. The minimum absolute atomic E-state index is 0.0717. The fraction of sp³-hybridized carbons (Fsp3) is 0.408. The molecule has 13 rings (SSSR count). The number of halogens is 5. The molecule has 18 atom stereocenters. The van der Waals surface area contributed by atoms with Crippen LogP contribution in [0.4, 0.5) is 13.2 Å². The third-order valence-electron chi connectivity index (χ3n) is 18.8. The zero-order chi connectivity index (χ0) is 80.0. The maximum absolute atomic E-state index is 16.2. The highest BCUT2D eigenvalue weighted by molar-refractivity contribution is 7.99. The molecule has 110 heavy (non-hydrogen) atoms. The lowest BCUT2D eigenvalue weighted by atomic mass is 9.86. The van der Waals surface area contributed by atoms with Crippen LogP contribution in [0.25, 0.3) is 11.1 Å². The molecule has 2 fully saturated rings. The molecular formula is C71H75Cl2F3N10O23S. The van der Waals surface area contributed by atoms with E-state index >= 15 is 14.4 Å².